The van der Waals surface area contributed by atoms with E-state index in [1.165, 1.54) is 39.2 Å². The Balaban J connectivity index is 1.86. The van der Waals surface area contributed by atoms with Crippen LogP contribution >= 0.6 is 11.6 Å². The van der Waals surface area contributed by atoms with Crippen LogP contribution in [0.15, 0.2) is 45.6 Å². The van der Waals surface area contributed by atoms with E-state index in [2.05, 4.69) is 10.1 Å². The van der Waals surface area contributed by atoms with E-state index in [4.69, 9.17) is 20.8 Å². The molecule has 1 heterocycles. The first kappa shape index (κ1) is 24.2. The van der Waals surface area contributed by atoms with Crippen LogP contribution in [0.25, 0.3) is 16.8 Å². The number of ether oxygens (including phenoxy) is 2. The summed E-state index contributed by atoms with van der Waals surface area (Å²) in [5.74, 6) is -1.90. The van der Waals surface area contributed by atoms with Crippen molar-refractivity contribution in [2.24, 2.45) is 0 Å². The Morgan fingerprint density at radius 2 is 1.85 bits per heavy atom. The van der Waals surface area contributed by atoms with E-state index in [0.29, 0.717) is 0 Å². The Hall–Kier alpha value is -3.47. The molecule has 0 saturated carbocycles. The first-order valence-corrected chi connectivity index (χ1v) is 9.87. The summed E-state index contributed by atoms with van der Waals surface area (Å²) in [6.45, 7) is 2.90. The van der Waals surface area contributed by atoms with E-state index >= 15 is 0 Å². The fraction of sp³-hybridized carbons (Fsp3) is 0.286. The zero-order valence-electron chi connectivity index (χ0n) is 17.5. The van der Waals surface area contributed by atoms with Gasteiger partial charge >= 0.3 is 17.9 Å². The maximum Gasteiger partial charge on any atom is 0.424 e. The summed E-state index contributed by atoms with van der Waals surface area (Å²) in [4.78, 5) is 36.0. The van der Waals surface area contributed by atoms with Crippen LogP contribution in [0, 0.1) is 0 Å². The summed E-state index contributed by atoms with van der Waals surface area (Å²) in [7, 11) is 1.19. The summed E-state index contributed by atoms with van der Waals surface area (Å²) in [5.41, 5.74) is -0.664. The second-order valence-corrected chi connectivity index (χ2v) is 7.42. The van der Waals surface area contributed by atoms with Crippen LogP contribution in [0.4, 0.5) is 13.2 Å². The van der Waals surface area contributed by atoms with E-state index in [9.17, 15) is 27.6 Å². The third-order valence-electron chi connectivity index (χ3n) is 4.66. The molecular formula is C21H18ClF3N2O6. The van der Waals surface area contributed by atoms with Gasteiger partial charge in [-0.05, 0) is 44.2 Å². The third kappa shape index (κ3) is 5.14. The van der Waals surface area contributed by atoms with Gasteiger partial charge in [0.2, 0.25) is 0 Å². The molecule has 0 bridgehead atoms. The van der Waals surface area contributed by atoms with E-state index in [-0.39, 0.29) is 27.6 Å². The number of hydrogen-bond donors (Lipinski definition) is 1. The zero-order valence-corrected chi connectivity index (χ0v) is 18.3. The van der Waals surface area contributed by atoms with Gasteiger partial charge in [0.05, 0.1) is 28.9 Å². The van der Waals surface area contributed by atoms with Crippen molar-refractivity contribution in [1.29, 1.82) is 0 Å². The number of nitrogens with one attached hydrogen (secondary N) is 1. The molecule has 1 aromatic heterocycles. The number of carbonyl (C=O) groups is 2. The number of carbonyl (C=O) groups excluding carboxylic acids is 2. The van der Waals surface area contributed by atoms with Gasteiger partial charge in [-0.15, -0.1) is 0 Å². The Morgan fingerprint density at radius 3 is 2.45 bits per heavy atom. The molecule has 176 valence electrons. The molecule has 0 aliphatic heterocycles. The lowest BCUT2D eigenvalue weighted by Gasteiger charge is -2.17. The van der Waals surface area contributed by atoms with Crippen LogP contribution in [0.1, 0.15) is 19.4 Å². The summed E-state index contributed by atoms with van der Waals surface area (Å²) >= 11 is 6.00. The average Bonchev–Trinajstić information content (AvgIpc) is 3.06. The van der Waals surface area contributed by atoms with Gasteiger partial charge in [0.15, 0.2) is 11.7 Å². The third-order valence-corrected chi connectivity index (χ3v) is 4.97. The quantitative estimate of drug-likeness (QED) is 0.533. The van der Waals surface area contributed by atoms with Gasteiger partial charge in [0.1, 0.15) is 11.8 Å². The topological polar surface area (TPSA) is 99.8 Å². The number of oxazole rings is 1. The zero-order chi connectivity index (χ0) is 24.5. The smallest absolute Gasteiger partial charge is 0.424 e. The van der Waals surface area contributed by atoms with Gasteiger partial charge in [0, 0.05) is 6.07 Å². The molecule has 3 aromatic rings. The number of rotatable bonds is 6. The van der Waals surface area contributed by atoms with Crippen molar-refractivity contribution in [2.75, 3.05) is 7.11 Å². The minimum Gasteiger partial charge on any atom is -0.481 e. The number of aromatic nitrogens is 1. The SMILES string of the molecule is COC(=O)C(C)NC(=O)C(C)Oc1ccc2c(c1)oc(=O)n2-c1ccc(C(F)(F)F)cc1Cl. The van der Waals surface area contributed by atoms with Gasteiger partial charge in [-0.1, -0.05) is 11.6 Å². The Labute approximate surface area is 189 Å². The van der Waals surface area contributed by atoms with E-state index in [1.807, 2.05) is 0 Å². The first-order chi connectivity index (χ1) is 15.4. The monoisotopic (exact) mass is 486 g/mol. The van der Waals surface area contributed by atoms with Gasteiger partial charge in [0.25, 0.3) is 5.91 Å². The molecule has 2 aromatic carbocycles. The van der Waals surface area contributed by atoms with Crippen LogP contribution in [-0.4, -0.2) is 35.7 Å². The maximum atomic E-state index is 12.9. The lowest BCUT2D eigenvalue weighted by molar-refractivity contribution is -0.145. The number of esters is 1. The lowest BCUT2D eigenvalue weighted by Crippen LogP contribution is -2.45. The van der Waals surface area contributed by atoms with Gasteiger partial charge in [-0.25, -0.2) is 14.2 Å². The van der Waals surface area contributed by atoms with Crippen molar-refractivity contribution in [3.8, 4) is 11.4 Å². The minimum atomic E-state index is -4.59. The second-order valence-electron chi connectivity index (χ2n) is 7.01. The Bertz CT molecular complexity index is 1270. The fourth-order valence-corrected chi connectivity index (χ4v) is 3.25. The van der Waals surface area contributed by atoms with Crippen LogP contribution in [-0.2, 0) is 20.5 Å². The van der Waals surface area contributed by atoms with Gasteiger partial charge < -0.3 is 19.2 Å². The standard InChI is InChI=1S/C21H18ClF3N2O6/c1-10(19(29)31-3)26-18(28)11(2)32-13-5-7-16-17(9-13)33-20(30)27(16)15-6-4-12(8-14(15)22)21(23,24)25/h4-11H,1-3H3,(H,26,28). The molecule has 0 radical (unpaired) electrons. The number of alkyl halides is 3. The van der Waals surface area contributed by atoms with Crippen molar-refractivity contribution in [2.45, 2.75) is 32.2 Å². The number of methoxy groups -OCH3 is 1. The second kappa shape index (κ2) is 9.18. The molecule has 3 rings (SSSR count). The molecular weight excluding hydrogens is 469 g/mol. The molecule has 0 aliphatic rings. The highest BCUT2D eigenvalue weighted by atomic mass is 35.5. The lowest BCUT2D eigenvalue weighted by atomic mass is 10.2. The van der Waals surface area contributed by atoms with Crippen molar-refractivity contribution < 1.29 is 36.7 Å². The molecule has 8 nitrogen and oxygen atoms in total. The summed E-state index contributed by atoms with van der Waals surface area (Å²) in [6.07, 6.45) is -5.59. The molecule has 0 spiro atoms. The highest BCUT2D eigenvalue weighted by Crippen LogP contribution is 2.34. The first-order valence-electron chi connectivity index (χ1n) is 9.50. The molecule has 0 saturated heterocycles. The van der Waals surface area contributed by atoms with Gasteiger partial charge in [-0.2, -0.15) is 13.2 Å². The molecule has 1 amide bonds. The average molecular weight is 487 g/mol. The summed E-state index contributed by atoms with van der Waals surface area (Å²) in [6, 6.07) is 5.94. The van der Waals surface area contributed by atoms with Crippen molar-refractivity contribution in [3.63, 3.8) is 0 Å². The van der Waals surface area contributed by atoms with Crippen LogP contribution in [0.2, 0.25) is 5.02 Å². The molecule has 33 heavy (non-hydrogen) atoms. The number of nitrogens with zero attached hydrogens (tertiary/aromatic N) is 1. The Morgan fingerprint density at radius 1 is 1.15 bits per heavy atom. The summed E-state index contributed by atoms with van der Waals surface area (Å²) < 4.78 is 55.0. The molecule has 2 atom stereocenters. The number of hydrogen-bond acceptors (Lipinski definition) is 6. The molecule has 0 aliphatic carbocycles. The molecule has 1 N–H and O–H groups in total. The highest BCUT2D eigenvalue weighted by molar-refractivity contribution is 6.32. The fourth-order valence-electron chi connectivity index (χ4n) is 2.99. The predicted octanol–water partition coefficient (Wildman–Crippen LogP) is 3.70. The van der Waals surface area contributed by atoms with Crippen molar-refractivity contribution >= 4 is 34.6 Å². The largest absolute Gasteiger partial charge is 0.481 e. The normalized spacial score (nSPS) is 13.4. The van der Waals surface area contributed by atoms with Gasteiger partial charge in [-0.3, -0.25) is 4.79 Å². The number of benzene rings is 2. The number of fused-ring (bicyclic) bond motifs is 1. The molecule has 0 fully saturated rings. The maximum absolute atomic E-state index is 12.9. The highest BCUT2D eigenvalue weighted by Gasteiger charge is 2.31. The minimum absolute atomic E-state index is 0.00614. The molecule has 12 heteroatoms. The van der Waals surface area contributed by atoms with Crippen LogP contribution < -0.4 is 15.8 Å². The van der Waals surface area contributed by atoms with E-state index in [0.717, 1.165) is 22.8 Å². The summed E-state index contributed by atoms with van der Waals surface area (Å²) in [5, 5.41) is 2.14. The Kier molecular flexibility index (Phi) is 6.73. The number of amides is 1. The number of halogens is 4. The van der Waals surface area contributed by atoms with E-state index < -0.39 is 41.5 Å². The van der Waals surface area contributed by atoms with Crippen molar-refractivity contribution in [3.05, 3.63) is 57.5 Å². The predicted molar refractivity (Wildman–Crippen MR) is 112 cm³/mol. The van der Waals surface area contributed by atoms with Crippen LogP contribution in [0.5, 0.6) is 5.75 Å². The molecule has 2 unspecified atom stereocenters. The van der Waals surface area contributed by atoms with Crippen LogP contribution in [0.3, 0.4) is 0 Å². The van der Waals surface area contributed by atoms with Crippen molar-refractivity contribution in [1.82, 2.24) is 9.88 Å². The van der Waals surface area contributed by atoms with E-state index in [1.54, 1.807) is 0 Å².